The highest BCUT2D eigenvalue weighted by Crippen LogP contribution is 2.23. The third-order valence-electron chi connectivity index (χ3n) is 4.22. The summed E-state index contributed by atoms with van der Waals surface area (Å²) in [6.07, 6.45) is 3.38. The lowest BCUT2D eigenvalue weighted by atomic mass is 10.1. The number of hydrogen-bond donors (Lipinski definition) is 2. The van der Waals surface area contributed by atoms with E-state index in [1.807, 2.05) is 66.7 Å². The monoisotopic (exact) mass is 376 g/mol. The Bertz CT molecular complexity index is 1100. The van der Waals surface area contributed by atoms with E-state index in [9.17, 15) is 4.79 Å². The van der Waals surface area contributed by atoms with Crippen LogP contribution in [0.3, 0.4) is 0 Å². The molecular formula is C21H17ClN4O. The minimum atomic E-state index is -0.316. The average Bonchev–Trinajstić information content (AvgIpc) is 3.11. The van der Waals surface area contributed by atoms with E-state index in [0.717, 1.165) is 22.0 Å². The summed E-state index contributed by atoms with van der Waals surface area (Å²) in [6.45, 7) is 0.534. The van der Waals surface area contributed by atoms with Crippen molar-refractivity contribution >= 4 is 39.8 Å². The maximum Gasteiger partial charge on any atom is 0.323 e. The van der Waals surface area contributed by atoms with Crippen LogP contribution < -0.4 is 10.6 Å². The fraction of sp³-hybridized carbons (Fsp3) is 0.0476. The Morgan fingerprint density at radius 3 is 2.63 bits per heavy atom. The van der Waals surface area contributed by atoms with Crippen LogP contribution in [0.1, 0.15) is 5.56 Å². The molecule has 4 aromatic rings. The van der Waals surface area contributed by atoms with Crippen molar-refractivity contribution in [2.45, 2.75) is 6.54 Å². The van der Waals surface area contributed by atoms with Crippen LogP contribution in [-0.4, -0.2) is 15.8 Å². The fourth-order valence-corrected chi connectivity index (χ4v) is 3.13. The third-order valence-corrected chi connectivity index (χ3v) is 4.59. The lowest BCUT2D eigenvalue weighted by Gasteiger charge is -2.09. The number of rotatable bonds is 4. The normalized spacial score (nSPS) is 10.7. The van der Waals surface area contributed by atoms with Gasteiger partial charge in [-0.3, -0.25) is 4.68 Å². The summed E-state index contributed by atoms with van der Waals surface area (Å²) >= 11 is 6.18. The van der Waals surface area contributed by atoms with E-state index in [4.69, 9.17) is 11.6 Å². The van der Waals surface area contributed by atoms with Crippen LogP contribution in [-0.2, 0) is 6.54 Å². The highest BCUT2D eigenvalue weighted by molar-refractivity contribution is 6.31. The van der Waals surface area contributed by atoms with Gasteiger partial charge >= 0.3 is 6.03 Å². The Morgan fingerprint density at radius 1 is 0.963 bits per heavy atom. The van der Waals surface area contributed by atoms with Gasteiger partial charge in [-0.05, 0) is 23.1 Å². The van der Waals surface area contributed by atoms with Crippen molar-refractivity contribution in [1.29, 1.82) is 0 Å². The lowest BCUT2D eigenvalue weighted by molar-refractivity contribution is 0.262. The van der Waals surface area contributed by atoms with Gasteiger partial charge in [-0.2, -0.15) is 5.10 Å². The second-order valence-corrected chi connectivity index (χ2v) is 6.53. The Kier molecular flexibility index (Phi) is 4.77. The van der Waals surface area contributed by atoms with Crippen molar-refractivity contribution in [3.05, 3.63) is 89.7 Å². The molecule has 6 heteroatoms. The maximum absolute atomic E-state index is 12.4. The van der Waals surface area contributed by atoms with E-state index < -0.39 is 0 Å². The van der Waals surface area contributed by atoms with Crippen LogP contribution >= 0.6 is 11.6 Å². The zero-order valence-corrected chi connectivity index (χ0v) is 15.1. The molecule has 0 spiro atoms. The number of nitrogens with zero attached hydrogens (tertiary/aromatic N) is 2. The molecule has 4 rings (SSSR count). The summed E-state index contributed by atoms with van der Waals surface area (Å²) in [5.41, 5.74) is 2.34. The molecule has 0 fully saturated rings. The van der Waals surface area contributed by atoms with E-state index >= 15 is 0 Å². The molecule has 27 heavy (non-hydrogen) atoms. The summed E-state index contributed by atoms with van der Waals surface area (Å²) < 4.78 is 1.73. The molecule has 2 amide bonds. The van der Waals surface area contributed by atoms with E-state index in [0.29, 0.717) is 17.3 Å². The minimum absolute atomic E-state index is 0.316. The number of urea groups is 1. The Balaban J connectivity index is 1.44. The van der Waals surface area contributed by atoms with Gasteiger partial charge < -0.3 is 10.6 Å². The first-order chi connectivity index (χ1) is 13.2. The fourth-order valence-electron chi connectivity index (χ4n) is 2.93. The molecule has 0 saturated heterocycles. The van der Waals surface area contributed by atoms with Gasteiger partial charge in [-0.1, -0.05) is 66.2 Å². The molecule has 5 nitrogen and oxygen atoms in total. The van der Waals surface area contributed by atoms with Crippen LogP contribution in [0.4, 0.5) is 16.2 Å². The lowest BCUT2D eigenvalue weighted by Crippen LogP contribution is -2.19. The Labute approximate surface area is 161 Å². The number of nitrogens with one attached hydrogen (secondary N) is 2. The summed E-state index contributed by atoms with van der Waals surface area (Å²) in [5.74, 6) is 0. The smallest absolute Gasteiger partial charge is 0.307 e. The topological polar surface area (TPSA) is 59.0 Å². The van der Waals surface area contributed by atoms with Gasteiger partial charge in [0.15, 0.2) is 0 Å². The minimum Gasteiger partial charge on any atom is -0.307 e. The number of fused-ring (bicyclic) bond motifs is 1. The first kappa shape index (κ1) is 17.1. The largest absolute Gasteiger partial charge is 0.323 e. The SMILES string of the molecule is O=C(Nc1cnn(Cc2ccccc2Cl)c1)Nc1cccc2ccccc12. The zero-order valence-electron chi connectivity index (χ0n) is 14.4. The number of benzene rings is 3. The first-order valence-electron chi connectivity index (χ1n) is 8.51. The quantitative estimate of drug-likeness (QED) is 0.502. The molecule has 2 N–H and O–H groups in total. The molecule has 0 aliphatic heterocycles. The number of aromatic nitrogens is 2. The third kappa shape index (κ3) is 3.93. The Morgan fingerprint density at radius 2 is 1.74 bits per heavy atom. The second kappa shape index (κ2) is 7.51. The van der Waals surface area contributed by atoms with Crippen molar-refractivity contribution in [3.8, 4) is 0 Å². The second-order valence-electron chi connectivity index (χ2n) is 6.12. The number of amides is 2. The molecular weight excluding hydrogens is 360 g/mol. The van der Waals surface area contributed by atoms with Crippen LogP contribution in [0.15, 0.2) is 79.1 Å². The molecule has 0 atom stereocenters. The van der Waals surface area contributed by atoms with Gasteiger partial charge in [0.05, 0.1) is 24.1 Å². The molecule has 0 aliphatic rings. The number of carbonyl (C=O) groups excluding carboxylic acids is 1. The summed E-state index contributed by atoms with van der Waals surface area (Å²) in [6, 6.07) is 21.0. The zero-order chi connectivity index (χ0) is 18.6. The Hall–Kier alpha value is -3.31. The van der Waals surface area contributed by atoms with Crippen LogP contribution in [0.2, 0.25) is 5.02 Å². The summed E-state index contributed by atoms with van der Waals surface area (Å²) in [5, 5.41) is 12.7. The predicted octanol–water partition coefficient (Wildman–Crippen LogP) is 5.38. The van der Waals surface area contributed by atoms with E-state index in [-0.39, 0.29) is 6.03 Å². The van der Waals surface area contributed by atoms with Crippen LogP contribution in [0, 0.1) is 0 Å². The van der Waals surface area contributed by atoms with Gasteiger partial charge in [0.25, 0.3) is 0 Å². The molecule has 3 aromatic carbocycles. The molecule has 134 valence electrons. The van der Waals surface area contributed by atoms with Crippen molar-refractivity contribution in [1.82, 2.24) is 9.78 Å². The van der Waals surface area contributed by atoms with E-state index in [1.54, 1.807) is 17.1 Å². The molecule has 1 aromatic heterocycles. The van der Waals surface area contributed by atoms with Crippen LogP contribution in [0.25, 0.3) is 10.8 Å². The molecule has 0 bridgehead atoms. The van der Waals surface area contributed by atoms with Gasteiger partial charge in [0.1, 0.15) is 0 Å². The maximum atomic E-state index is 12.4. The molecule has 0 aliphatic carbocycles. The van der Waals surface area contributed by atoms with Crippen molar-refractivity contribution in [2.75, 3.05) is 10.6 Å². The van der Waals surface area contributed by atoms with E-state index in [1.165, 1.54) is 0 Å². The van der Waals surface area contributed by atoms with Gasteiger partial charge in [-0.15, -0.1) is 0 Å². The highest BCUT2D eigenvalue weighted by Gasteiger charge is 2.08. The molecule has 1 heterocycles. The molecule has 0 saturated carbocycles. The standard InChI is InChI=1S/C21H17ClN4O/c22-19-10-4-2-7-16(19)13-26-14-17(12-23-26)24-21(27)25-20-11-5-8-15-6-1-3-9-18(15)20/h1-12,14H,13H2,(H2,24,25,27). The first-order valence-corrected chi connectivity index (χ1v) is 8.88. The van der Waals surface area contributed by atoms with Gasteiger partial charge in [-0.25, -0.2) is 4.79 Å². The number of halogens is 1. The van der Waals surface area contributed by atoms with E-state index in [2.05, 4.69) is 15.7 Å². The van der Waals surface area contributed by atoms with Crippen molar-refractivity contribution in [2.24, 2.45) is 0 Å². The molecule has 0 radical (unpaired) electrons. The number of hydrogen-bond acceptors (Lipinski definition) is 2. The highest BCUT2D eigenvalue weighted by atomic mass is 35.5. The van der Waals surface area contributed by atoms with Crippen molar-refractivity contribution in [3.63, 3.8) is 0 Å². The summed E-state index contributed by atoms with van der Waals surface area (Å²) in [4.78, 5) is 12.4. The number of carbonyl (C=O) groups is 1. The predicted molar refractivity (Wildman–Crippen MR) is 109 cm³/mol. The summed E-state index contributed by atoms with van der Waals surface area (Å²) in [7, 11) is 0. The van der Waals surface area contributed by atoms with Gasteiger partial charge in [0.2, 0.25) is 0 Å². The van der Waals surface area contributed by atoms with Crippen molar-refractivity contribution < 1.29 is 4.79 Å². The number of anilines is 2. The average molecular weight is 377 g/mol. The van der Waals surface area contributed by atoms with Gasteiger partial charge in [0, 0.05) is 16.6 Å². The van der Waals surface area contributed by atoms with Crippen LogP contribution in [0.5, 0.6) is 0 Å². The molecule has 0 unspecified atom stereocenters.